The molecule has 14 heavy (non-hydrogen) atoms. The van der Waals surface area contributed by atoms with Crippen LogP contribution in [0.15, 0.2) is 0 Å². The first-order valence-electron chi connectivity index (χ1n) is 4.58. The first-order chi connectivity index (χ1) is 6.58. The molecular formula is C9H13IO4. The molecule has 0 aromatic carbocycles. The minimum atomic E-state index is -0.895. The zero-order valence-electron chi connectivity index (χ0n) is 7.79. The molecule has 0 aliphatic heterocycles. The maximum Gasteiger partial charge on any atom is 0.316 e. The van der Waals surface area contributed by atoms with Gasteiger partial charge in [-0.25, -0.2) is 0 Å². The molecule has 0 aromatic heterocycles. The van der Waals surface area contributed by atoms with Gasteiger partial charge in [-0.2, -0.15) is 0 Å². The SMILES string of the molecule is O=C(O)CC1(OC(=O)CI)CCCC1. The van der Waals surface area contributed by atoms with Crippen molar-refractivity contribution in [2.45, 2.75) is 37.7 Å². The smallest absolute Gasteiger partial charge is 0.316 e. The summed E-state index contributed by atoms with van der Waals surface area (Å²) in [5.41, 5.74) is -0.714. The predicted octanol–water partition coefficient (Wildman–Crippen LogP) is 1.75. The van der Waals surface area contributed by atoms with Crippen molar-refractivity contribution >= 4 is 34.5 Å². The Morgan fingerprint density at radius 2 is 1.93 bits per heavy atom. The number of carbonyl (C=O) groups excluding carboxylic acids is 1. The Morgan fingerprint density at radius 1 is 1.36 bits per heavy atom. The number of aliphatic carboxylic acids is 1. The summed E-state index contributed by atoms with van der Waals surface area (Å²) in [4.78, 5) is 21.8. The number of hydrogen-bond donors (Lipinski definition) is 1. The molecule has 0 radical (unpaired) electrons. The molecule has 1 N–H and O–H groups in total. The van der Waals surface area contributed by atoms with Crippen molar-refractivity contribution in [2.24, 2.45) is 0 Å². The number of alkyl halides is 1. The van der Waals surface area contributed by atoms with Gasteiger partial charge in [0.25, 0.3) is 0 Å². The largest absolute Gasteiger partial charge is 0.481 e. The monoisotopic (exact) mass is 312 g/mol. The third-order valence-corrected chi connectivity index (χ3v) is 3.05. The maximum absolute atomic E-state index is 11.1. The van der Waals surface area contributed by atoms with Crippen molar-refractivity contribution in [2.75, 3.05) is 4.43 Å². The lowest BCUT2D eigenvalue weighted by atomic mass is 9.98. The van der Waals surface area contributed by atoms with Gasteiger partial charge in [0.15, 0.2) is 0 Å². The van der Waals surface area contributed by atoms with Gasteiger partial charge in [0.1, 0.15) is 5.60 Å². The highest BCUT2D eigenvalue weighted by Crippen LogP contribution is 2.36. The highest BCUT2D eigenvalue weighted by molar-refractivity contribution is 14.1. The van der Waals surface area contributed by atoms with Crippen LogP contribution in [0.3, 0.4) is 0 Å². The van der Waals surface area contributed by atoms with Gasteiger partial charge in [-0.05, 0) is 25.7 Å². The molecule has 0 spiro atoms. The fourth-order valence-electron chi connectivity index (χ4n) is 1.88. The van der Waals surface area contributed by atoms with Crippen molar-refractivity contribution in [1.82, 2.24) is 0 Å². The Bertz CT molecular complexity index is 233. The van der Waals surface area contributed by atoms with E-state index in [2.05, 4.69) is 0 Å². The summed E-state index contributed by atoms with van der Waals surface area (Å²) in [5.74, 6) is -1.21. The van der Waals surface area contributed by atoms with E-state index in [1.54, 1.807) is 0 Å². The van der Waals surface area contributed by atoms with Gasteiger partial charge in [0, 0.05) is 0 Å². The van der Waals surface area contributed by atoms with Gasteiger partial charge in [-0.3, -0.25) is 9.59 Å². The second-order valence-electron chi connectivity index (χ2n) is 3.57. The van der Waals surface area contributed by atoms with E-state index in [4.69, 9.17) is 9.84 Å². The van der Waals surface area contributed by atoms with Gasteiger partial charge in [0.2, 0.25) is 0 Å². The highest BCUT2D eigenvalue weighted by atomic mass is 127. The van der Waals surface area contributed by atoms with Gasteiger partial charge in [-0.1, -0.05) is 22.6 Å². The molecule has 0 atom stereocenters. The fraction of sp³-hybridized carbons (Fsp3) is 0.778. The van der Waals surface area contributed by atoms with Crippen molar-refractivity contribution < 1.29 is 19.4 Å². The number of carboxylic acids is 1. The summed E-state index contributed by atoms with van der Waals surface area (Å²) in [5, 5.41) is 8.73. The molecule has 1 fully saturated rings. The predicted molar refractivity (Wildman–Crippen MR) is 58.4 cm³/mol. The minimum Gasteiger partial charge on any atom is -0.481 e. The molecule has 0 aromatic rings. The van der Waals surface area contributed by atoms with E-state index in [0.717, 1.165) is 12.8 Å². The Morgan fingerprint density at radius 3 is 2.36 bits per heavy atom. The van der Waals surface area contributed by atoms with Crippen LogP contribution in [-0.4, -0.2) is 27.1 Å². The highest BCUT2D eigenvalue weighted by Gasteiger charge is 2.39. The number of ether oxygens (including phenoxy) is 1. The molecule has 0 saturated heterocycles. The number of halogens is 1. The molecule has 4 nitrogen and oxygen atoms in total. The number of rotatable bonds is 4. The summed E-state index contributed by atoms with van der Waals surface area (Å²) in [6, 6.07) is 0. The van der Waals surface area contributed by atoms with Gasteiger partial charge >= 0.3 is 11.9 Å². The Kier molecular flexibility index (Phi) is 4.15. The lowest BCUT2D eigenvalue weighted by Crippen LogP contribution is -2.35. The molecule has 1 aliphatic rings. The molecule has 1 rings (SSSR count). The lowest BCUT2D eigenvalue weighted by molar-refractivity contribution is -0.161. The summed E-state index contributed by atoms with van der Waals surface area (Å²) < 4.78 is 5.51. The van der Waals surface area contributed by atoms with Crippen LogP contribution in [0.5, 0.6) is 0 Å². The van der Waals surface area contributed by atoms with E-state index in [1.165, 1.54) is 0 Å². The number of carboxylic acid groups (broad SMARTS) is 1. The van der Waals surface area contributed by atoms with E-state index in [0.29, 0.717) is 12.8 Å². The number of hydrogen-bond acceptors (Lipinski definition) is 3. The average Bonchev–Trinajstić information content (AvgIpc) is 2.51. The molecule has 1 saturated carbocycles. The first kappa shape index (κ1) is 11.7. The van der Waals surface area contributed by atoms with E-state index >= 15 is 0 Å². The molecule has 0 unspecified atom stereocenters. The van der Waals surface area contributed by atoms with Crippen LogP contribution < -0.4 is 0 Å². The second kappa shape index (κ2) is 4.95. The molecule has 0 heterocycles. The Hall–Kier alpha value is -0.330. The minimum absolute atomic E-state index is 0.0601. The summed E-state index contributed by atoms with van der Waals surface area (Å²) in [6.45, 7) is 0. The van der Waals surface area contributed by atoms with Crippen molar-refractivity contribution in [3.63, 3.8) is 0 Å². The van der Waals surface area contributed by atoms with E-state index < -0.39 is 11.6 Å². The molecule has 1 aliphatic carbocycles. The third kappa shape index (κ3) is 3.11. The standard InChI is InChI=1S/C9H13IO4/c10-6-8(13)14-9(5-7(11)12)3-1-2-4-9/h1-6H2,(H,11,12). The van der Waals surface area contributed by atoms with Gasteiger partial charge < -0.3 is 9.84 Å². The second-order valence-corrected chi connectivity index (χ2v) is 4.33. The molecule has 5 heteroatoms. The summed E-state index contributed by atoms with van der Waals surface area (Å²) >= 11 is 1.92. The van der Waals surface area contributed by atoms with E-state index in [9.17, 15) is 9.59 Å². The molecule has 0 bridgehead atoms. The third-order valence-electron chi connectivity index (χ3n) is 2.43. The van der Waals surface area contributed by atoms with Gasteiger partial charge in [0.05, 0.1) is 10.8 Å². The van der Waals surface area contributed by atoms with Crippen molar-refractivity contribution in [3.8, 4) is 0 Å². The van der Waals surface area contributed by atoms with Crippen LogP contribution in [0.25, 0.3) is 0 Å². The van der Waals surface area contributed by atoms with Crippen LogP contribution in [-0.2, 0) is 14.3 Å². The van der Waals surface area contributed by atoms with Gasteiger partial charge in [-0.15, -0.1) is 0 Å². The van der Waals surface area contributed by atoms with Crippen molar-refractivity contribution in [3.05, 3.63) is 0 Å². The van der Waals surface area contributed by atoms with Crippen LogP contribution in [0.2, 0.25) is 0 Å². The van der Waals surface area contributed by atoms with Crippen LogP contribution >= 0.6 is 22.6 Å². The van der Waals surface area contributed by atoms with Crippen molar-refractivity contribution in [1.29, 1.82) is 0 Å². The van der Waals surface area contributed by atoms with Crippen LogP contribution in [0.1, 0.15) is 32.1 Å². The Balaban J connectivity index is 2.61. The number of carbonyl (C=O) groups is 2. The zero-order valence-corrected chi connectivity index (χ0v) is 9.95. The van der Waals surface area contributed by atoms with Crippen LogP contribution in [0.4, 0.5) is 0 Å². The van der Waals surface area contributed by atoms with Crippen LogP contribution in [0, 0.1) is 0 Å². The normalized spacial score (nSPS) is 19.2. The first-order valence-corrected chi connectivity index (χ1v) is 6.10. The molecule has 80 valence electrons. The lowest BCUT2D eigenvalue weighted by Gasteiger charge is -2.26. The molecule has 0 amide bonds. The average molecular weight is 312 g/mol. The maximum atomic E-state index is 11.1. The zero-order chi connectivity index (χ0) is 10.6. The summed E-state index contributed by atoms with van der Waals surface area (Å²) in [6.07, 6.45) is 3.20. The fourth-order valence-corrected chi connectivity index (χ4v) is 2.03. The van der Waals surface area contributed by atoms with E-state index in [-0.39, 0.29) is 16.8 Å². The number of esters is 1. The summed E-state index contributed by atoms with van der Waals surface area (Å²) in [7, 11) is 0. The molecular weight excluding hydrogens is 299 g/mol. The topological polar surface area (TPSA) is 63.6 Å². The Labute approximate surface area is 96.1 Å². The van der Waals surface area contributed by atoms with E-state index in [1.807, 2.05) is 22.6 Å². The quantitative estimate of drug-likeness (QED) is 0.488.